The minimum atomic E-state index is -0.607. The Morgan fingerprint density at radius 1 is 1.06 bits per heavy atom. The van der Waals surface area contributed by atoms with E-state index in [0.29, 0.717) is 29.4 Å². The number of halogens is 2. The van der Waals surface area contributed by atoms with Crippen LogP contribution in [0, 0.1) is 0 Å². The molecule has 174 valence electrons. The molecule has 0 heterocycles. The number of nitrogens with one attached hydrogen (secondary N) is 1. The first-order valence-corrected chi connectivity index (χ1v) is 11.9. The number of rotatable bonds is 9. The van der Waals surface area contributed by atoms with Crippen LogP contribution in [0.25, 0.3) is 0 Å². The Morgan fingerprint density at radius 3 is 2.28 bits per heavy atom. The molecule has 6 heteroatoms. The number of carbonyl (C=O) groups excluding carboxylic acids is 2. The summed E-state index contributed by atoms with van der Waals surface area (Å²) in [4.78, 5) is 27.4. The standard InChI is InChI=1S/C26H34Cl2N2O2/c1-6-15-29-25(32)18(2)30(17-20-10-13-22(27)16-23(20)28)24(31)14-9-19-7-11-21(12-8-19)26(3,4)5/h7-8,10-13,16,18H,6,9,14-15,17H2,1-5H3,(H,29,32). The SMILES string of the molecule is CCCNC(=O)C(C)N(Cc1ccc(Cl)cc1Cl)C(=O)CCc1ccc(C(C)(C)C)cc1. The van der Waals surface area contributed by atoms with Crippen LogP contribution in [0.5, 0.6) is 0 Å². The summed E-state index contributed by atoms with van der Waals surface area (Å²) in [5.41, 5.74) is 3.20. The van der Waals surface area contributed by atoms with Crippen molar-refractivity contribution >= 4 is 35.0 Å². The van der Waals surface area contributed by atoms with Crippen molar-refractivity contribution in [2.24, 2.45) is 0 Å². The molecule has 0 aromatic heterocycles. The molecule has 0 spiro atoms. The van der Waals surface area contributed by atoms with Gasteiger partial charge >= 0.3 is 0 Å². The van der Waals surface area contributed by atoms with E-state index in [1.165, 1.54) is 5.56 Å². The van der Waals surface area contributed by atoms with Gasteiger partial charge in [0.05, 0.1) is 0 Å². The lowest BCUT2D eigenvalue weighted by atomic mass is 9.86. The fourth-order valence-corrected chi connectivity index (χ4v) is 3.85. The molecule has 2 rings (SSSR count). The Balaban J connectivity index is 2.16. The van der Waals surface area contributed by atoms with Gasteiger partial charge in [-0.3, -0.25) is 9.59 Å². The predicted octanol–water partition coefficient (Wildman–Crippen LogP) is 6.17. The molecule has 32 heavy (non-hydrogen) atoms. The van der Waals surface area contributed by atoms with Crippen LogP contribution in [0.4, 0.5) is 0 Å². The molecule has 0 radical (unpaired) electrons. The number of aryl methyl sites for hydroxylation is 1. The summed E-state index contributed by atoms with van der Waals surface area (Å²) in [5, 5.41) is 3.90. The molecule has 2 aromatic carbocycles. The minimum absolute atomic E-state index is 0.0876. The molecular formula is C26H34Cl2N2O2. The van der Waals surface area contributed by atoms with Crippen LogP contribution in [-0.2, 0) is 28.0 Å². The lowest BCUT2D eigenvalue weighted by molar-refractivity contribution is -0.140. The van der Waals surface area contributed by atoms with Crippen LogP contribution in [0.3, 0.4) is 0 Å². The highest BCUT2D eigenvalue weighted by Gasteiger charge is 2.26. The molecule has 4 nitrogen and oxygen atoms in total. The Bertz CT molecular complexity index is 920. The average molecular weight is 477 g/mol. The summed E-state index contributed by atoms with van der Waals surface area (Å²) in [6, 6.07) is 13.0. The first kappa shape index (κ1) is 26.2. The molecule has 0 bridgehead atoms. The van der Waals surface area contributed by atoms with E-state index in [-0.39, 0.29) is 23.8 Å². The number of benzene rings is 2. The zero-order chi connectivity index (χ0) is 23.9. The Labute approximate surface area is 202 Å². The van der Waals surface area contributed by atoms with Gasteiger partial charge in [-0.1, -0.05) is 81.2 Å². The third kappa shape index (κ3) is 7.53. The maximum absolute atomic E-state index is 13.2. The Hall–Kier alpha value is -2.04. The van der Waals surface area contributed by atoms with Crippen molar-refractivity contribution in [2.75, 3.05) is 6.54 Å². The summed E-state index contributed by atoms with van der Waals surface area (Å²) in [6.45, 7) is 11.1. The van der Waals surface area contributed by atoms with Crippen LogP contribution in [0.2, 0.25) is 10.0 Å². The van der Waals surface area contributed by atoms with E-state index in [0.717, 1.165) is 17.5 Å². The number of hydrogen-bond donors (Lipinski definition) is 1. The minimum Gasteiger partial charge on any atom is -0.354 e. The molecule has 0 saturated carbocycles. The van der Waals surface area contributed by atoms with Crippen molar-refractivity contribution in [1.29, 1.82) is 0 Å². The van der Waals surface area contributed by atoms with Crippen LogP contribution in [0.1, 0.15) is 64.2 Å². The maximum atomic E-state index is 13.2. The van der Waals surface area contributed by atoms with E-state index in [4.69, 9.17) is 23.2 Å². The first-order chi connectivity index (χ1) is 15.0. The second kappa shape index (κ2) is 11.7. The topological polar surface area (TPSA) is 49.4 Å². The number of amides is 2. The van der Waals surface area contributed by atoms with Crippen LogP contribution >= 0.6 is 23.2 Å². The molecule has 1 unspecified atom stereocenters. The van der Waals surface area contributed by atoms with Gasteiger partial charge in [0.2, 0.25) is 11.8 Å². The summed E-state index contributed by atoms with van der Waals surface area (Å²) in [6.07, 6.45) is 1.75. The predicted molar refractivity (Wildman–Crippen MR) is 133 cm³/mol. The smallest absolute Gasteiger partial charge is 0.242 e. The van der Waals surface area contributed by atoms with Gasteiger partial charge in [0, 0.05) is 29.6 Å². The molecule has 0 aliphatic rings. The van der Waals surface area contributed by atoms with Crippen molar-refractivity contribution < 1.29 is 9.59 Å². The molecule has 2 aromatic rings. The van der Waals surface area contributed by atoms with Gasteiger partial charge in [0.15, 0.2) is 0 Å². The number of carbonyl (C=O) groups is 2. The monoisotopic (exact) mass is 476 g/mol. The van der Waals surface area contributed by atoms with E-state index in [9.17, 15) is 9.59 Å². The first-order valence-electron chi connectivity index (χ1n) is 11.1. The Kier molecular flexibility index (Phi) is 9.60. The van der Waals surface area contributed by atoms with E-state index in [1.54, 1.807) is 30.0 Å². The van der Waals surface area contributed by atoms with Gasteiger partial charge in [-0.2, -0.15) is 0 Å². The molecule has 2 amide bonds. The number of hydrogen-bond acceptors (Lipinski definition) is 2. The zero-order valence-electron chi connectivity index (χ0n) is 19.7. The maximum Gasteiger partial charge on any atom is 0.242 e. The summed E-state index contributed by atoms with van der Waals surface area (Å²) < 4.78 is 0. The van der Waals surface area contributed by atoms with Crippen molar-refractivity contribution in [3.05, 3.63) is 69.2 Å². The highest BCUT2D eigenvalue weighted by molar-refractivity contribution is 6.35. The van der Waals surface area contributed by atoms with Crippen molar-refractivity contribution in [3.63, 3.8) is 0 Å². The van der Waals surface area contributed by atoms with Gasteiger partial charge < -0.3 is 10.2 Å². The highest BCUT2D eigenvalue weighted by atomic mass is 35.5. The fraction of sp³-hybridized carbons (Fsp3) is 0.462. The molecule has 1 atom stereocenters. The van der Waals surface area contributed by atoms with Gasteiger partial charge in [0.25, 0.3) is 0 Å². The lowest BCUT2D eigenvalue weighted by Gasteiger charge is -2.29. The quantitative estimate of drug-likeness (QED) is 0.470. The molecular weight excluding hydrogens is 443 g/mol. The van der Waals surface area contributed by atoms with Gasteiger partial charge in [-0.15, -0.1) is 0 Å². The summed E-state index contributed by atoms with van der Waals surface area (Å²) in [7, 11) is 0. The second-order valence-electron chi connectivity index (χ2n) is 9.17. The Morgan fingerprint density at radius 2 is 1.72 bits per heavy atom. The fourth-order valence-electron chi connectivity index (χ4n) is 3.38. The average Bonchev–Trinajstić information content (AvgIpc) is 2.74. The molecule has 0 fully saturated rings. The van der Waals surface area contributed by atoms with Gasteiger partial charge in [0.1, 0.15) is 6.04 Å². The third-order valence-corrected chi connectivity index (χ3v) is 6.11. The van der Waals surface area contributed by atoms with E-state index >= 15 is 0 Å². The van der Waals surface area contributed by atoms with Crippen molar-refractivity contribution in [2.45, 2.75) is 71.9 Å². The molecule has 0 saturated heterocycles. The van der Waals surface area contributed by atoms with Crippen LogP contribution in [0.15, 0.2) is 42.5 Å². The molecule has 1 N–H and O–H groups in total. The molecule has 0 aliphatic carbocycles. The van der Waals surface area contributed by atoms with E-state index in [2.05, 4.69) is 50.4 Å². The number of nitrogens with zero attached hydrogens (tertiary/aromatic N) is 1. The third-order valence-electron chi connectivity index (χ3n) is 5.52. The van der Waals surface area contributed by atoms with Crippen molar-refractivity contribution in [1.82, 2.24) is 10.2 Å². The van der Waals surface area contributed by atoms with E-state index < -0.39 is 6.04 Å². The lowest BCUT2D eigenvalue weighted by Crippen LogP contribution is -2.47. The highest BCUT2D eigenvalue weighted by Crippen LogP contribution is 2.25. The van der Waals surface area contributed by atoms with Crippen LogP contribution < -0.4 is 5.32 Å². The van der Waals surface area contributed by atoms with Gasteiger partial charge in [-0.05, 0) is 54.0 Å². The normalized spacial score (nSPS) is 12.3. The van der Waals surface area contributed by atoms with Crippen molar-refractivity contribution in [3.8, 4) is 0 Å². The summed E-state index contributed by atoms with van der Waals surface area (Å²) in [5.74, 6) is -0.255. The van der Waals surface area contributed by atoms with Crippen LogP contribution in [-0.4, -0.2) is 29.3 Å². The second-order valence-corrected chi connectivity index (χ2v) is 10.0. The van der Waals surface area contributed by atoms with Gasteiger partial charge in [-0.25, -0.2) is 0 Å². The molecule has 0 aliphatic heterocycles. The largest absolute Gasteiger partial charge is 0.354 e. The van der Waals surface area contributed by atoms with E-state index in [1.807, 2.05) is 6.92 Å². The zero-order valence-corrected chi connectivity index (χ0v) is 21.2. The summed E-state index contributed by atoms with van der Waals surface area (Å²) >= 11 is 12.4.